The molecule has 3 rings (SSSR count). The van der Waals surface area contributed by atoms with Gasteiger partial charge < -0.3 is 4.90 Å². The number of rotatable bonds is 3. The first kappa shape index (κ1) is 13.3. The van der Waals surface area contributed by atoms with Crippen molar-refractivity contribution >= 4 is 17.2 Å². The van der Waals surface area contributed by atoms with Crippen LogP contribution in [0.3, 0.4) is 0 Å². The van der Waals surface area contributed by atoms with E-state index in [-0.39, 0.29) is 11.9 Å². The number of piperidine rings is 1. The maximum atomic E-state index is 12.6. The summed E-state index contributed by atoms with van der Waals surface area (Å²) in [7, 11) is 0. The Morgan fingerprint density at radius 1 is 1.50 bits per heavy atom. The topological polar surface area (TPSA) is 51.0 Å². The van der Waals surface area contributed by atoms with E-state index in [0.29, 0.717) is 0 Å². The highest BCUT2D eigenvalue weighted by Gasteiger charge is 2.28. The zero-order chi connectivity index (χ0) is 13.9. The Labute approximate surface area is 122 Å². The standard InChI is InChI=1S/C14H18N4OS/c1-11-15-9-13(20-11)14(19)18-8-3-2-5-12(18)10-17-7-4-6-16-17/h4,6-7,9,12H,2-3,5,8,10H2,1H3. The molecule has 0 N–H and O–H groups in total. The van der Waals surface area contributed by atoms with E-state index in [1.807, 2.05) is 28.8 Å². The first-order chi connectivity index (χ1) is 9.74. The minimum Gasteiger partial charge on any atom is -0.333 e. The number of hydrogen-bond acceptors (Lipinski definition) is 4. The van der Waals surface area contributed by atoms with Crippen LogP contribution in [-0.2, 0) is 6.54 Å². The SMILES string of the molecule is Cc1ncc(C(=O)N2CCCCC2Cn2cccn2)s1. The van der Waals surface area contributed by atoms with E-state index in [0.717, 1.165) is 35.8 Å². The predicted molar refractivity (Wildman–Crippen MR) is 77.8 cm³/mol. The van der Waals surface area contributed by atoms with Gasteiger partial charge in [-0.2, -0.15) is 5.10 Å². The van der Waals surface area contributed by atoms with Gasteiger partial charge in [0.15, 0.2) is 0 Å². The summed E-state index contributed by atoms with van der Waals surface area (Å²) in [6.07, 6.45) is 8.73. The average molecular weight is 290 g/mol. The number of aromatic nitrogens is 3. The number of thiazole rings is 1. The Morgan fingerprint density at radius 2 is 2.40 bits per heavy atom. The van der Waals surface area contributed by atoms with Crippen molar-refractivity contribution in [2.24, 2.45) is 0 Å². The molecule has 1 unspecified atom stereocenters. The normalized spacial score (nSPS) is 19.2. The molecule has 3 heterocycles. The third kappa shape index (κ3) is 2.75. The number of hydrogen-bond donors (Lipinski definition) is 0. The molecule has 0 aromatic carbocycles. The van der Waals surface area contributed by atoms with Crippen LogP contribution >= 0.6 is 11.3 Å². The predicted octanol–water partition coefficient (Wildman–Crippen LogP) is 2.34. The summed E-state index contributed by atoms with van der Waals surface area (Å²) in [6.45, 7) is 3.54. The van der Waals surface area contributed by atoms with Crippen LogP contribution < -0.4 is 0 Å². The van der Waals surface area contributed by atoms with Gasteiger partial charge in [0, 0.05) is 18.9 Å². The highest BCUT2D eigenvalue weighted by Crippen LogP contribution is 2.23. The molecule has 0 spiro atoms. The molecule has 1 aliphatic rings. The molecular formula is C14H18N4OS. The molecule has 2 aromatic rings. The van der Waals surface area contributed by atoms with Crippen molar-refractivity contribution in [1.29, 1.82) is 0 Å². The van der Waals surface area contributed by atoms with Crippen LogP contribution in [0, 0.1) is 6.92 Å². The summed E-state index contributed by atoms with van der Waals surface area (Å²) < 4.78 is 1.91. The van der Waals surface area contributed by atoms with Gasteiger partial charge in [0.1, 0.15) is 4.88 Å². The second-order valence-electron chi connectivity index (χ2n) is 5.12. The molecule has 0 bridgehead atoms. The van der Waals surface area contributed by atoms with Crippen LogP contribution in [0.2, 0.25) is 0 Å². The monoisotopic (exact) mass is 290 g/mol. The van der Waals surface area contributed by atoms with E-state index in [1.54, 1.807) is 12.4 Å². The highest BCUT2D eigenvalue weighted by molar-refractivity contribution is 7.13. The zero-order valence-electron chi connectivity index (χ0n) is 11.5. The first-order valence-corrected chi connectivity index (χ1v) is 7.76. The molecule has 1 fully saturated rings. The Hall–Kier alpha value is -1.69. The lowest BCUT2D eigenvalue weighted by Crippen LogP contribution is -2.45. The molecule has 6 heteroatoms. The summed E-state index contributed by atoms with van der Waals surface area (Å²) in [5, 5.41) is 5.19. The van der Waals surface area contributed by atoms with Crippen molar-refractivity contribution in [3.05, 3.63) is 34.5 Å². The van der Waals surface area contributed by atoms with E-state index in [9.17, 15) is 4.79 Å². The van der Waals surface area contributed by atoms with Gasteiger partial charge >= 0.3 is 0 Å². The maximum Gasteiger partial charge on any atom is 0.265 e. The van der Waals surface area contributed by atoms with E-state index in [1.165, 1.54) is 17.8 Å². The number of carbonyl (C=O) groups excluding carboxylic acids is 1. The molecule has 106 valence electrons. The minimum absolute atomic E-state index is 0.118. The fourth-order valence-corrected chi connectivity index (χ4v) is 3.42. The first-order valence-electron chi connectivity index (χ1n) is 6.95. The summed E-state index contributed by atoms with van der Waals surface area (Å²) in [6, 6.07) is 2.15. The van der Waals surface area contributed by atoms with Gasteiger partial charge in [-0.3, -0.25) is 9.48 Å². The lowest BCUT2D eigenvalue weighted by atomic mass is 10.0. The maximum absolute atomic E-state index is 12.6. The fraction of sp³-hybridized carbons (Fsp3) is 0.500. The van der Waals surface area contributed by atoms with Crippen LogP contribution in [0.15, 0.2) is 24.7 Å². The second-order valence-corrected chi connectivity index (χ2v) is 6.35. The summed E-state index contributed by atoms with van der Waals surface area (Å²) in [4.78, 5) is 19.5. The van der Waals surface area contributed by atoms with Crippen molar-refractivity contribution in [2.45, 2.75) is 38.8 Å². The molecular weight excluding hydrogens is 272 g/mol. The van der Waals surface area contributed by atoms with E-state index in [4.69, 9.17) is 0 Å². The molecule has 2 aromatic heterocycles. The number of aryl methyl sites for hydroxylation is 1. The lowest BCUT2D eigenvalue weighted by Gasteiger charge is -2.35. The van der Waals surface area contributed by atoms with Gasteiger partial charge in [-0.15, -0.1) is 11.3 Å². The van der Waals surface area contributed by atoms with Crippen LogP contribution in [0.5, 0.6) is 0 Å². The zero-order valence-corrected chi connectivity index (χ0v) is 12.3. The number of amides is 1. The van der Waals surface area contributed by atoms with Crippen LogP contribution in [0.25, 0.3) is 0 Å². The smallest absolute Gasteiger partial charge is 0.265 e. The number of nitrogens with zero attached hydrogens (tertiary/aromatic N) is 4. The molecule has 1 atom stereocenters. The van der Waals surface area contributed by atoms with Gasteiger partial charge in [-0.05, 0) is 32.3 Å². The molecule has 1 aliphatic heterocycles. The average Bonchev–Trinajstić information content (AvgIpc) is 3.10. The Bertz CT molecular complexity index is 578. The largest absolute Gasteiger partial charge is 0.333 e. The van der Waals surface area contributed by atoms with E-state index in [2.05, 4.69) is 10.1 Å². The van der Waals surface area contributed by atoms with Gasteiger partial charge in [0.05, 0.1) is 23.8 Å². The van der Waals surface area contributed by atoms with Crippen molar-refractivity contribution in [3.8, 4) is 0 Å². The third-order valence-electron chi connectivity index (χ3n) is 3.68. The van der Waals surface area contributed by atoms with Crippen LogP contribution in [-0.4, -0.2) is 38.2 Å². The van der Waals surface area contributed by atoms with Crippen LogP contribution in [0.4, 0.5) is 0 Å². The molecule has 0 aliphatic carbocycles. The number of carbonyl (C=O) groups is 1. The van der Waals surface area contributed by atoms with Crippen molar-refractivity contribution < 1.29 is 4.79 Å². The Balaban J connectivity index is 1.76. The Kier molecular flexibility index (Phi) is 3.82. The molecule has 5 nitrogen and oxygen atoms in total. The summed E-state index contributed by atoms with van der Waals surface area (Å²) in [5.74, 6) is 0.118. The van der Waals surface area contributed by atoms with Gasteiger partial charge in [-0.1, -0.05) is 0 Å². The van der Waals surface area contributed by atoms with Gasteiger partial charge in [0.2, 0.25) is 0 Å². The second kappa shape index (κ2) is 5.75. The summed E-state index contributed by atoms with van der Waals surface area (Å²) in [5.41, 5.74) is 0. The molecule has 1 amide bonds. The van der Waals surface area contributed by atoms with E-state index >= 15 is 0 Å². The van der Waals surface area contributed by atoms with Gasteiger partial charge in [0.25, 0.3) is 5.91 Å². The van der Waals surface area contributed by atoms with Crippen LogP contribution in [0.1, 0.15) is 33.9 Å². The molecule has 1 saturated heterocycles. The van der Waals surface area contributed by atoms with Crippen molar-refractivity contribution in [1.82, 2.24) is 19.7 Å². The fourth-order valence-electron chi connectivity index (χ4n) is 2.68. The van der Waals surface area contributed by atoms with Crippen molar-refractivity contribution in [3.63, 3.8) is 0 Å². The molecule has 20 heavy (non-hydrogen) atoms. The van der Waals surface area contributed by atoms with Gasteiger partial charge in [-0.25, -0.2) is 4.98 Å². The summed E-state index contributed by atoms with van der Waals surface area (Å²) >= 11 is 1.47. The highest BCUT2D eigenvalue weighted by atomic mass is 32.1. The quantitative estimate of drug-likeness (QED) is 0.872. The number of likely N-dealkylation sites (tertiary alicyclic amines) is 1. The molecule has 0 radical (unpaired) electrons. The Morgan fingerprint density at radius 3 is 3.10 bits per heavy atom. The van der Waals surface area contributed by atoms with Crippen molar-refractivity contribution in [2.75, 3.05) is 6.54 Å². The molecule has 0 saturated carbocycles. The van der Waals surface area contributed by atoms with E-state index < -0.39 is 0 Å². The lowest BCUT2D eigenvalue weighted by molar-refractivity contribution is 0.0588. The minimum atomic E-state index is 0.118. The third-order valence-corrected chi connectivity index (χ3v) is 4.58.